The summed E-state index contributed by atoms with van der Waals surface area (Å²) in [5, 5.41) is 6.29. The number of anilines is 3. The van der Waals surface area contributed by atoms with Crippen LogP contribution in [0.5, 0.6) is 0 Å². The number of hydrogen-bond donors (Lipinski definition) is 0. The third kappa shape index (κ3) is 6.51. The number of hydrogen-bond acceptors (Lipinski definition) is 1. The van der Waals surface area contributed by atoms with Gasteiger partial charge in [0.05, 0.1) is 22.6 Å². The van der Waals surface area contributed by atoms with Crippen LogP contribution in [-0.4, -0.2) is 4.57 Å². The van der Waals surface area contributed by atoms with Crippen molar-refractivity contribution >= 4 is 55.6 Å². The maximum absolute atomic E-state index is 2.53. The zero-order valence-corrected chi connectivity index (χ0v) is 35.4. The first-order valence-corrected chi connectivity index (χ1v) is 22.3. The molecule has 10 aromatic carbocycles. The molecule has 1 heterocycles. The first-order valence-electron chi connectivity index (χ1n) is 22.3. The molecule has 0 spiro atoms. The predicted molar refractivity (Wildman–Crippen MR) is 272 cm³/mol. The molecule has 0 N–H and O–H groups in total. The van der Waals surface area contributed by atoms with Gasteiger partial charge in [0, 0.05) is 27.9 Å². The minimum Gasteiger partial charge on any atom is -0.311 e. The second kappa shape index (κ2) is 15.9. The van der Waals surface area contributed by atoms with Gasteiger partial charge in [0.1, 0.15) is 0 Å². The Bertz CT molecular complexity index is 3540. The van der Waals surface area contributed by atoms with Gasteiger partial charge < -0.3 is 9.47 Å². The molecule has 12 rings (SSSR count). The molecule has 11 aromatic rings. The molecule has 0 bridgehead atoms. The number of nitrogens with zero attached hydrogens (tertiary/aromatic N) is 2. The van der Waals surface area contributed by atoms with Crippen LogP contribution in [-0.2, 0) is 6.42 Å². The standard InChI is InChI=1S/C62H44N2/c1-3-18-43(19-4-1)46-23-17-24-47(40-46)44-34-37-50(38-35-44)63(60-32-15-16-33-61(60)64-58-30-13-11-28-55(58)56-29-12-14-31-59(56)64)62-42-49(36-39-52(62)45-20-5-2-6-21-45)57-41-48-22-7-8-25-51(48)53-26-9-10-27-54(53)57/h1-13,15-30,32-42H,14,31H2. The summed E-state index contributed by atoms with van der Waals surface area (Å²) in [4.78, 5) is 2.51. The minimum atomic E-state index is 0.978. The maximum atomic E-state index is 2.53. The number of fused-ring (bicyclic) bond motifs is 6. The van der Waals surface area contributed by atoms with Crippen molar-refractivity contribution in [3.05, 3.63) is 248 Å². The topological polar surface area (TPSA) is 8.17 Å². The highest BCUT2D eigenvalue weighted by Crippen LogP contribution is 2.48. The van der Waals surface area contributed by atoms with Gasteiger partial charge in [0.25, 0.3) is 0 Å². The van der Waals surface area contributed by atoms with E-state index in [2.05, 4.69) is 252 Å². The van der Waals surface area contributed by atoms with Gasteiger partial charge in [-0.2, -0.15) is 0 Å². The van der Waals surface area contributed by atoms with Crippen LogP contribution in [0.4, 0.5) is 17.1 Å². The van der Waals surface area contributed by atoms with Crippen LogP contribution in [0, 0.1) is 0 Å². The lowest BCUT2D eigenvalue weighted by Crippen LogP contribution is -2.15. The minimum absolute atomic E-state index is 0.978. The summed E-state index contributed by atoms with van der Waals surface area (Å²) in [5.41, 5.74) is 17.8. The van der Waals surface area contributed by atoms with E-state index >= 15 is 0 Å². The van der Waals surface area contributed by atoms with E-state index in [9.17, 15) is 0 Å². The van der Waals surface area contributed by atoms with Crippen LogP contribution in [0.25, 0.3) is 88.7 Å². The Labute approximate surface area is 374 Å². The summed E-state index contributed by atoms with van der Waals surface area (Å²) in [5.74, 6) is 0. The lowest BCUT2D eigenvalue weighted by molar-refractivity contribution is 0.887. The Hall–Kier alpha value is -8.20. The van der Waals surface area contributed by atoms with E-state index in [1.807, 2.05) is 0 Å². The number of para-hydroxylation sites is 3. The van der Waals surface area contributed by atoms with Crippen molar-refractivity contribution in [1.29, 1.82) is 0 Å². The van der Waals surface area contributed by atoms with Crippen LogP contribution in [0.1, 0.15) is 17.7 Å². The van der Waals surface area contributed by atoms with Crippen LogP contribution in [0.2, 0.25) is 0 Å². The molecule has 302 valence electrons. The Morgan fingerprint density at radius 2 is 0.984 bits per heavy atom. The van der Waals surface area contributed by atoms with Crippen molar-refractivity contribution in [2.45, 2.75) is 12.8 Å². The molecule has 2 nitrogen and oxygen atoms in total. The van der Waals surface area contributed by atoms with Crippen LogP contribution in [0.3, 0.4) is 0 Å². The zero-order valence-electron chi connectivity index (χ0n) is 35.4. The quantitative estimate of drug-likeness (QED) is 0.139. The Morgan fingerprint density at radius 3 is 1.78 bits per heavy atom. The van der Waals surface area contributed by atoms with Gasteiger partial charge in [-0.15, -0.1) is 0 Å². The molecule has 0 saturated carbocycles. The van der Waals surface area contributed by atoms with Crippen molar-refractivity contribution in [2.75, 3.05) is 4.90 Å². The number of allylic oxidation sites excluding steroid dienone is 1. The lowest BCUT2D eigenvalue weighted by atomic mass is 9.91. The van der Waals surface area contributed by atoms with Crippen molar-refractivity contribution in [3.8, 4) is 50.2 Å². The molecule has 0 fully saturated rings. The molecule has 1 aliphatic carbocycles. The summed E-state index contributed by atoms with van der Waals surface area (Å²) in [7, 11) is 0. The van der Waals surface area contributed by atoms with Crippen molar-refractivity contribution in [1.82, 2.24) is 4.57 Å². The average Bonchev–Trinajstić information content (AvgIpc) is 3.71. The zero-order chi connectivity index (χ0) is 42.4. The smallest absolute Gasteiger partial charge is 0.0702 e. The molecule has 0 aliphatic heterocycles. The van der Waals surface area contributed by atoms with E-state index in [4.69, 9.17) is 0 Å². The molecule has 0 atom stereocenters. The second-order valence-electron chi connectivity index (χ2n) is 16.8. The third-order valence-corrected chi connectivity index (χ3v) is 13.0. The molecule has 64 heavy (non-hydrogen) atoms. The maximum Gasteiger partial charge on any atom is 0.0702 e. The third-order valence-electron chi connectivity index (χ3n) is 13.0. The fourth-order valence-electron chi connectivity index (χ4n) is 10.0. The predicted octanol–water partition coefficient (Wildman–Crippen LogP) is 17.0. The summed E-state index contributed by atoms with van der Waals surface area (Å²) >= 11 is 0. The largest absolute Gasteiger partial charge is 0.311 e. The monoisotopic (exact) mass is 816 g/mol. The highest BCUT2D eigenvalue weighted by atomic mass is 15.2. The molecular formula is C62H44N2. The molecule has 0 radical (unpaired) electrons. The second-order valence-corrected chi connectivity index (χ2v) is 16.8. The van der Waals surface area contributed by atoms with Gasteiger partial charge in [-0.05, 0) is 122 Å². The van der Waals surface area contributed by atoms with E-state index in [1.165, 1.54) is 77.1 Å². The van der Waals surface area contributed by atoms with Crippen molar-refractivity contribution in [3.63, 3.8) is 0 Å². The number of aromatic nitrogens is 1. The van der Waals surface area contributed by atoms with Crippen LogP contribution in [0.15, 0.2) is 237 Å². The van der Waals surface area contributed by atoms with E-state index in [0.29, 0.717) is 0 Å². The average molecular weight is 817 g/mol. The van der Waals surface area contributed by atoms with Gasteiger partial charge in [-0.25, -0.2) is 0 Å². The van der Waals surface area contributed by atoms with Gasteiger partial charge in [-0.1, -0.05) is 194 Å². The van der Waals surface area contributed by atoms with E-state index in [0.717, 1.165) is 46.7 Å². The van der Waals surface area contributed by atoms with Gasteiger partial charge in [0.2, 0.25) is 0 Å². The van der Waals surface area contributed by atoms with E-state index in [-0.39, 0.29) is 0 Å². The lowest BCUT2D eigenvalue weighted by Gasteiger charge is -2.31. The molecular weight excluding hydrogens is 773 g/mol. The summed E-state index contributed by atoms with van der Waals surface area (Å²) in [6.07, 6.45) is 6.64. The molecule has 2 heteroatoms. The summed E-state index contributed by atoms with van der Waals surface area (Å²) in [6.45, 7) is 0. The van der Waals surface area contributed by atoms with E-state index in [1.54, 1.807) is 0 Å². The van der Waals surface area contributed by atoms with Crippen LogP contribution < -0.4 is 4.90 Å². The number of rotatable bonds is 8. The molecule has 0 unspecified atom stereocenters. The van der Waals surface area contributed by atoms with Crippen molar-refractivity contribution in [2.24, 2.45) is 0 Å². The fourth-order valence-corrected chi connectivity index (χ4v) is 10.0. The highest BCUT2D eigenvalue weighted by molar-refractivity contribution is 6.14. The highest BCUT2D eigenvalue weighted by Gasteiger charge is 2.25. The molecule has 1 aromatic heterocycles. The van der Waals surface area contributed by atoms with E-state index < -0.39 is 0 Å². The number of benzene rings is 10. The normalized spacial score (nSPS) is 12.2. The van der Waals surface area contributed by atoms with Gasteiger partial charge in [0.15, 0.2) is 0 Å². The molecule has 1 aliphatic rings. The summed E-state index contributed by atoms with van der Waals surface area (Å²) < 4.78 is 2.53. The molecule has 0 amide bonds. The Morgan fingerprint density at radius 1 is 0.375 bits per heavy atom. The Kier molecular flexibility index (Phi) is 9.34. The Balaban J connectivity index is 1.11. The van der Waals surface area contributed by atoms with Gasteiger partial charge >= 0.3 is 0 Å². The first-order chi connectivity index (χ1) is 31.8. The van der Waals surface area contributed by atoms with Crippen molar-refractivity contribution < 1.29 is 0 Å². The summed E-state index contributed by atoms with van der Waals surface area (Å²) in [6, 6.07) is 84.5. The first kappa shape index (κ1) is 37.6. The van der Waals surface area contributed by atoms with Gasteiger partial charge in [-0.3, -0.25) is 0 Å². The molecule has 0 saturated heterocycles. The SMILES string of the molecule is C1=Cc2c(n(-c3ccccc3N(c3ccc(-c4cccc(-c5ccccc5)c4)cc3)c3cc(-c4cc5ccccc5c5ccccc45)ccc3-c3ccccc3)c3ccccc23)CC1. The van der Waals surface area contributed by atoms with Crippen LogP contribution >= 0.6 is 0 Å². The fraction of sp³-hybridized carbons (Fsp3) is 0.0323.